The molecule has 3 heterocycles. The van der Waals surface area contributed by atoms with E-state index in [2.05, 4.69) is 65.1 Å². The van der Waals surface area contributed by atoms with Gasteiger partial charge in [0.2, 0.25) is 5.95 Å². The Morgan fingerprint density at radius 3 is 2.77 bits per heavy atom. The number of anilines is 1. The Labute approximate surface area is 189 Å². The van der Waals surface area contributed by atoms with E-state index >= 15 is 0 Å². The molecule has 8 heteroatoms. The van der Waals surface area contributed by atoms with E-state index in [4.69, 9.17) is 16.3 Å². The molecule has 3 atom stereocenters. The van der Waals surface area contributed by atoms with Crippen LogP contribution in [-0.2, 0) is 4.74 Å². The molecule has 0 unspecified atom stereocenters. The van der Waals surface area contributed by atoms with Gasteiger partial charge in [-0.1, -0.05) is 38.3 Å². The molecule has 0 bridgehead atoms. The fourth-order valence-electron chi connectivity index (χ4n) is 3.70. The molecule has 31 heavy (non-hydrogen) atoms. The van der Waals surface area contributed by atoms with Crippen molar-refractivity contribution < 1.29 is 9.84 Å². The molecule has 0 spiro atoms. The van der Waals surface area contributed by atoms with Crippen molar-refractivity contribution in [3.05, 3.63) is 46.0 Å². The summed E-state index contributed by atoms with van der Waals surface area (Å²) in [6.45, 7) is 10.3. The lowest BCUT2D eigenvalue weighted by molar-refractivity contribution is -0.0136. The number of aliphatic hydroxyl groups excluding tert-OH is 1. The van der Waals surface area contributed by atoms with Crippen molar-refractivity contribution in [3.8, 4) is 11.8 Å². The van der Waals surface area contributed by atoms with Crippen LogP contribution in [0.1, 0.15) is 68.5 Å². The van der Waals surface area contributed by atoms with Crippen LogP contribution in [0.2, 0.25) is 5.02 Å². The van der Waals surface area contributed by atoms with Gasteiger partial charge in [-0.2, -0.15) is 0 Å². The van der Waals surface area contributed by atoms with Crippen molar-refractivity contribution in [2.75, 3.05) is 25.1 Å². The zero-order valence-corrected chi connectivity index (χ0v) is 19.2. The number of hydrogen-bond acceptors (Lipinski definition) is 7. The minimum Gasteiger partial charge on any atom is -0.389 e. The average molecular weight is 444 g/mol. The summed E-state index contributed by atoms with van der Waals surface area (Å²) in [5.74, 6) is 6.98. The third kappa shape index (κ3) is 5.92. The van der Waals surface area contributed by atoms with E-state index in [1.165, 1.54) is 11.8 Å². The van der Waals surface area contributed by atoms with E-state index in [0.717, 1.165) is 17.7 Å². The maximum Gasteiger partial charge on any atom is 0.224 e. The largest absolute Gasteiger partial charge is 0.389 e. The Kier molecular flexibility index (Phi) is 8.22. The SMILES string of the molecule is CCN[C@@H](C)c1cncc(C#Cc2nc(N[C@@H]3CCOC[C@H]3O)ncc2Cl)c1C(C)C. The Hall–Kier alpha value is -2.24. The maximum atomic E-state index is 10.1. The van der Waals surface area contributed by atoms with Gasteiger partial charge in [0, 0.05) is 30.6 Å². The standard InChI is InChI=1S/C23H30ClN5O2/c1-5-26-15(4)17-11-25-10-16(22(17)14(2)3)6-7-19-18(24)12-27-23(28-19)29-20-8-9-31-13-21(20)30/h10-12,14-15,20-21,26,30H,5,8-9,13H2,1-4H3,(H,27,28,29)/t15-,20+,21+/m0/s1. The van der Waals surface area contributed by atoms with Crippen molar-refractivity contribution in [1.82, 2.24) is 20.3 Å². The number of rotatable bonds is 6. The summed E-state index contributed by atoms with van der Waals surface area (Å²) in [5, 5.41) is 17.1. The van der Waals surface area contributed by atoms with Gasteiger partial charge in [-0.3, -0.25) is 4.98 Å². The predicted molar refractivity (Wildman–Crippen MR) is 122 cm³/mol. The summed E-state index contributed by atoms with van der Waals surface area (Å²) in [5.41, 5.74) is 3.61. The molecule has 166 valence electrons. The second-order valence-electron chi connectivity index (χ2n) is 7.95. The Morgan fingerprint density at radius 1 is 1.26 bits per heavy atom. The van der Waals surface area contributed by atoms with Crippen LogP contribution in [0.25, 0.3) is 0 Å². The van der Waals surface area contributed by atoms with Crippen molar-refractivity contribution in [2.45, 2.75) is 58.2 Å². The smallest absolute Gasteiger partial charge is 0.224 e. The zero-order chi connectivity index (χ0) is 22.4. The van der Waals surface area contributed by atoms with Crippen LogP contribution in [0.4, 0.5) is 5.95 Å². The highest BCUT2D eigenvalue weighted by Crippen LogP contribution is 2.27. The molecule has 0 aromatic carbocycles. The number of hydrogen-bond donors (Lipinski definition) is 3. The fourth-order valence-corrected chi connectivity index (χ4v) is 3.84. The van der Waals surface area contributed by atoms with E-state index in [-0.39, 0.29) is 18.0 Å². The number of aromatic nitrogens is 3. The Morgan fingerprint density at radius 2 is 2.06 bits per heavy atom. The molecule has 2 aromatic rings. The molecule has 1 fully saturated rings. The van der Waals surface area contributed by atoms with Crippen LogP contribution < -0.4 is 10.6 Å². The van der Waals surface area contributed by atoms with E-state index in [0.29, 0.717) is 36.3 Å². The molecule has 1 saturated heterocycles. The quantitative estimate of drug-likeness (QED) is 0.590. The summed E-state index contributed by atoms with van der Waals surface area (Å²) in [4.78, 5) is 13.1. The van der Waals surface area contributed by atoms with Crippen molar-refractivity contribution in [2.24, 2.45) is 0 Å². The van der Waals surface area contributed by atoms with Crippen LogP contribution in [-0.4, -0.2) is 52.0 Å². The first kappa shape index (κ1) is 23.4. The topological polar surface area (TPSA) is 92.2 Å². The third-order valence-corrected chi connectivity index (χ3v) is 5.55. The first-order valence-corrected chi connectivity index (χ1v) is 11.1. The van der Waals surface area contributed by atoms with Crippen LogP contribution in [0, 0.1) is 11.8 Å². The number of ether oxygens (including phenoxy) is 1. The van der Waals surface area contributed by atoms with Gasteiger partial charge in [0.1, 0.15) is 5.69 Å². The van der Waals surface area contributed by atoms with Gasteiger partial charge < -0.3 is 20.5 Å². The lowest BCUT2D eigenvalue weighted by Crippen LogP contribution is -2.42. The number of nitrogens with zero attached hydrogens (tertiary/aromatic N) is 3. The molecule has 3 rings (SSSR count). The lowest BCUT2D eigenvalue weighted by Gasteiger charge is -2.28. The van der Waals surface area contributed by atoms with Crippen LogP contribution in [0.3, 0.4) is 0 Å². The monoisotopic (exact) mass is 443 g/mol. The molecule has 2 aromatic heterocycles. The molecule has 0 saturated carbocycles. The summed E-state index contributed by atoms with van der Waals surface area (Å²) in [6, 6.07) is 0.0118. The van der Waals surface area contributed by atoms with Gasteiger partial charge in [-0.15, -0.1) is 0 Å². The van der Waals surface area contributed by atoms with E-state index in [1.807, 2.05) is 6.20 Å². The molecule has 0 radical (unpaired) electrons. The highest BCUT2D eigenvalue weighted by atomic mass is 35.5. The van der Waals surface area contributed by atoms with Gasteiger partial charge >= 0.3 is 0 Å². The highest BCUT2D eigenvalue weighted by molar-refractivity contribution is 6.31. The number of halogens is 1. The maximum absolute atomic E-state index is 10.1. The molecule has 3 N–H and O–H groups in total. The van der Waals surface area contributed by atoms with Crippen molar-refractivity contribution in [3.63, 3.8) is 0 Å². The van der Waals surface area contributed by atoms with Gasteiger partial charge in [-0.25, -0.2) is 9.97 Å². The number of aliphatic hydroxyl groups is 1. The summed E-state index contributed by atoms with van der Waals surface area (Å²) in [7, 11) is 0. The third-order valence-electron chi connectivity index (χ3n) is 5.27. The molecule has 1 aliphatic rings. The number of nitrogens with one attached hydrogen (secondary N) is 2. The fraction of sp³-hybridized carbons (Fsp3) is 0.522. The van der Waals surface area contributed by atoms with E-state index in [1.54, 1.807) is 6.20 Å². The molecule has 0 aliphatic carbocycles. The summed E-state index contributed by atoms with van der Waals surface area (Å²) >= 11 is 6.31. The van der Waals surface area contributed by atoms with Gasteiger partial charge in [0.15, 0.2) is 0 Å². The molecule has 1 aliphatic heterocycles. The van der Waals surface area contributed by atoms with Crippen LogP contribution in [0.15, 0.2) is 18.6 Å². The number of pyridine rings is 1. The Balaban J connectivity index is 1.90. The van der Waals surface area contributed by atoms with Crippen molar-refractivity contribution in [1.29, 1.82) is 0 Å². The van der Waals surface area contributed by atoms with Gasteiger partial charge in [0.05, 0.1) is 30.0 Å². The minimum atomic E-state index is -0.608. The summed E-state index contributed by atoms with van der Waals surface area (Å²) in [6.07, 6.45) is 5.29. The second-order valence-corrected chi connectivity index (χ2v) is 8.35. The van der Waals surface area contributed by atoms with Crippen LogP contribution >= 0.6 is 11.6 Å². The first-order valence-electron chi connectivity index (χ1n) is 10.7. The zero-order valence-electron chi connectivity index (χ0n) is 18.4. The van der Waals surface area contributed by atoms with Crippen molar-refractivity contribution >= 4 is 17.5 Å². The van der Waals surface area contributed by atoms with Gasteiger partial charge in [0.25, 0.3) is 0 Å². The first-order chi connectivity index (χ1) is 14.9. The van der Waals surface area contributed by atoms with E-state index < -0.39 is 6.10 Å². The molecule has 7 nitrogen and oxygen atoms in total. The predicted octanol–water partition coefficient (Wildman–Crippen LogP) is 3.28. The molecular formula is C23H30ClN5O2. The second kappa shape index (κ2) is 10.9. The average Bonchev–Trinajstić information content (AvgIpc) is 2.75. The summed E-state index contributed by atoms with van der Waals surface area (Å²) < 4.78 is 5.27. The minimum absolute atomic E-state index is 0.170. The normalized spacial score (nSPS) is 19.6. The van der Waals surface area contributed by atoms with E-state index in [9.17, 15) is 5.11 Å². The Bertz CT molecular complexity index is 957. The van der Waals surface area contributed by atoms with Gasteiger partial charge in [-0.05, 0) is 42.9 Å². The van der Waals surface area contributed by atoms with Crippen LogP contribution in [0.5, 0.6) is 0 Å². The highest BCUT2D eigenvalue weighted by Gasteiger charge is 2.24. The molecule has 0 amide bonds. The lowest BCUT2D eigenvalue weighted by atomic mass is 9.91. The molecular weight excluding hydrogens is 414 g/mol.